The minimum absolute atomic E-state index is 0.988. The topological polar surface area (TPSA) is 12.0 Å². The van der Waals surface area contributed by atoms with Crippen LogP contribution in [-0.4, -0.2) is 0 Å². The summed E-state index contributed by atoms with van der Waals surface area (Å²) >= 11 is 1.74. The van der Waals surface area contributed by atoms with Crippen molar-refractivity contribution in [2.75, 3.05) is 0 Å². The lowest BCUT2D eigenvalue weighted by atomic mass is 10.6. The quantitative estimate of drug-likeness (QED) is 0.269. The van der Waals surface area contributed by atoms with E-state index in [1.165, 1.54) is 0 Å². The average Bonchev–Trinajstić information content (AvgIpc) is 1.66. The summed E-state index contributed by atoms with van der Waals surface area (Å²) in [7, 11) is 0. The van der Waals surface area contributed by atoms with Crippen molar-refractivity contribution in [3.63, 3.8) is 0 Å². The van der Waals surface area contributed by atoms with Crippen LogP contribution >= 0.6 is 22.9 Å². The smallest absolute Gasteiger partial charge is 0.183 e. The molecule has 0 fully saturated rings. The Balaban J connectivity index is 3.62. The molecule has 0 aliphatic carbocycles. The van der Waals surface area contributed by atoms with Crippen LogP contribution in [0.15, 0.2) is 0 Å². The Morgan fingerprint density at radius 1 is 1.71 bits per heavy atom. The van der Waals surface area contributed by atoms with Gasteiger partial charge in [0.25, 0.3) is 0 Å². The Morgan fingerprint density at radius 2 is 2.43 bits per heavy atom. The Morgan fingerprint density at radius 3 is 2.86 bits per heavy atom. The second-order valence-electron chi connectivity index (χ2n) is 0.696. The second kappa shape index (κ2) is 5.65. The van der Waals surface area contributed by atoms with Gasteiger partial charge in [-0.15, -0.1) is 0 Å². The van der Waals surface area contributed by atoms with Crippen LogP contribution in [0, 0.1) is 23.8 Å². The Kier molecular flexibility index (Phi) is 3.87. The molecule has 0 amide bonds. The van der Waals surface area contributed by atoms with Gasteiger partial charge in [-0.25, -0.2) is 0 Å². The number of rotatable bonds is 0. The van der Waals surface area contributed by atoms with E-state index in [4.69, 9.17) is 1.41 Å². The third-order valence-electron chi connectivity index (χ3n) is 0.286. The molecule has 0 saturated heterocycles. The minimum Gasteiger partial charge on any atom is -0.287 e. The van der Waals surface area contributed by atoms with Crippen molar-refractivity contribution in [3.8, 4) is 23.8 Å². The fourth-order valence-electron chi connectivity index (χ4n) is 0.112. The molecule has 0 heterocycles. The van der Waals surface area contributed by atoms with Crippen LogP contribution in [0.4, 0.5) is 0 Å². The van der Waals surface area contributed by atoms with Crippen LogP contribution in [0.25, 0.3) is 0 Å². The van der Waals surface area contributed by atoms with E-state index in [2.05, 4.69) is 23.8 Å². The standard InChI is InChI=1S/C5H4IN/c1-2-3-4-5-7-6/h7H,1H3/i/hT. The molecule has 0 spiro atoms. The van der Waals surface area contributed by atoms with Crippen molar-refractivity contribution < 1.29 is 1.41 Å². The average molecular weight is 207 g/mol. The highest BCUT2D eigenvalue weighted by Crippen LogP contribution is 1.59. The summed E-state index contributed by atoms with van der Waals surface area (Å²) in [6.07, 6.45) is 0. The lowest BCUT2D eigenvalue weighted by Gasteiger charge is -1.64. The highest BCUT2D eigenvalue weighted by atomic mass is 127. The molecule has 0 aliphatic heterocycles. The molecule has 0 aliphatic rings. The van der Waals surface area contributed by atoms with Gasteiger partial charge in [0.2, 0.25) is 0 Å². The number of hydrogen-bond donors (Lipinski definition) is 1. The van der Waals surface area contributed by atoms with E-state index in [1.807, 2.05) is 0 Å². The molecule has 0 bridgehead atoms. The van der Waals surface area contributed by atoms with Gasteiger partial charge in [-0.05, 0) is 12.8 Å². The van der Waals surface area contributed by atoms with Gasteiger partial charge in [-0.2, -0.15) is 0 Å². The summed E-state index contributed by atoms with van der Waals surface area (Å²) in [5.41, 5.74) is 0. The first-order valence-corrected chi connectivity index (χ1v) is 2.61. The molecule has 0 aromatic heterocycles. The molecule has 7 heavy (non-hydrogen) atoms. The molecule has 0 atom stereocenters. The lowest BCUT2D eigenvalue weighted by molar-refractivity contribution is 1.61. The van der Waals surface area contributed by atoms with Crippen LogP contribution in [0.2, 0.25) is 1.41 Å². The summed E-state index contributed by atoms with van der Waals surface area (Å²) in [6, 6.07) is 2.41. The number of nitrogens with one attached hydrogen (secondary N) is 1. The maximum atomic E-state index is 6.73. The Labute approximate surface area is 58.8 Å². The van der Waals surface area contributed by atoms with Crippen molar-refractivity contribution in [1.29, 1.82) is 0 Å². The normalized spacial score (nSPS) is 6.29. The predicted molar refractivity (Wildman–Crippen MR) is 38.4 cm³/mol. The molecule has 2 heteroatoms. The van der Waals surface area contributed by atoms with Crippen LogP contribution in [0.3, 0.4) is 0 Å². The largest absolute Gasteiger partial charge is 0.287 e. The zero-order chi connectivity index (χ0) is 6.41. The first kappa shape index (κ1) is 4.80. The third-order valence-corrected chi connectivity index (χ3v) is 0.527. The molecule has 1 N–H and O–H groups in total. The Hall–Kier alpha value is -0.350. The molecule has 0 aromatic carbocycles. The molecule has 0 radical (unpaired) electrons. The van der Waals surface area contributed by atoms with E-state index in [0.29, 0.717) is 0 Å². The van der Waals surface area contributed by atoms with E-state index in [1.54, 1.807) is 29.8 Å². The van der Waals surface area contributed by atoms with E-state index in [-0.39, 0.29) is 0 Å². The van der Waals surface area contributed by atoms with Gasteiger partial charge in [0.1, 0.15) is 0 Å². The zero-order valence-electron chi connectivity index (χ0n) is 4.83. The molecule has 0 unspecified atom stereocenters. The Bertz CT molecular complexity index is 166. The van der Waals surface area contributed by atoms with Crippen molar-refractivity contribution in [2.24, 2.45) is 0 Å². The van der Waals surface area contributed by atoms with Crippen molar-refractivity contribution >= 4 is 22.9 Å². The maximum absolute atomic E-state index is 6.73. The summed E-state index contributed by atoms with van der Waals surface area (Å²) in [5, 5.41) is 0. The minimum atomic E-state index is 0.988. The van der Waals surface area contributed by atoms with E-state index < -0.39 is 0 Å². The van der Waals surface area contributed by atoms with E-state index in [0.717, 1.165) is 3.52 Å². The summed E-state index contributed by atoms with van der Waals surface area (Å²) < 4.78 is 7.72. The first-order chi connectivity index (χ1) is 3.77. The predicted octanol–water partition coefficient (Wildman–Crippen LogP) is 0.910. The van der Waals surface area contributed by atoms with Gasteiger partial charge in [-0.3, -0.25) is 3.52 Å². The van der Waals surface area contributed by atoms with Gasteiger partial charge >= 0.3 is 0 Å². The third kappa shape index (κ3) is 5.65. The second-order valence-corrected chi connectivity index (χ2v) is 1.18. The fraction of sp³-hybridized carbons (Fsp3) is 0.200. The number of halogens is 1. The van der Waals surface area contributed by atoms with Gasteiger partial charge in [0.05, 0.1) is 22.9 Å². The van der Waals surface area contributed by atoms with Crippen molar-refractivity contribution in [2.45, 2.75) is 6.92 Å². The molecular formula is C5H4IN. The van der Waals surface area contributed by atoms with Crippen LogP contribution < -0.4 is 3.52 Å². The van der Waals surface area contributed by atoms with Gasteiger partial charge in [0.15, 0.2) is 1.41 Å². The van der Waals surface area contributed by atoms with Gasteiger partial charge in [-0.1, -0.05) is 5.92 Å². The van der Waals surface area contributed by atoms with Gasteiger partial charge in [0, 0.05) is 12.0 Å². The molecule has 0 rings (SSSR count). The van der Waals surface area contributed by atoms with Crippen LogP contribution in [-0.2, 0) is 0 Å². The van der Waals surface area contributed by atoms with E-state index >= 15 is 0 Å². The summed E-state index contributed by atoms with van der Waals surface area (Å²) in [4.78, 5) is 0. The molecule has 36 valence electrons. The SMILES string of the molecule is [3H]N(I)C#CC#CC. The first-order valence-electron chi connectivity index (χ1n) is 2.09. The summed E-state index contributed by atoms with van der Waals surface area (Å²) in [6.45, 7) is 1.70. The molecule has 0 saturated carbocycles. The molecule has 1 nitrogen and oxygen atoms in total. The number of hydrogen-bond acceptors (Lipinski definition) is 1. The van der Waals surface area contributed by atoms with Crippen molar-refractivity contribution in [3.05, 3.63) is 0 Å². The van der Waals surface area contributed by atoms with Gasteiger partial charge < -0.3 is 0 Å². The zero-order valence-corrected chi connectivity index (χ0v) is 5.98. The maximum Gasteiger partial charge on any atom is 0.183 e. The summed E-state index contributed by atoms with van der Waals surface area (Å²) in [5.74, 6) is 7.54. The highest BCUT2D eigenvalue weighted by Gasteiger charge is 1.50. The highest BCUT2D eigenvalue weighted by molar-refractivity contribution is 14.1. The van der Waals surface area contributed by atoms with E-state index in [9.17, 15) is 0 Å². The molecule has 0 aromatic rings. The lowest BCUT2D eigenvalue weighted by Crippen LogP contribution is -1.77. The monoisotopic (exact) mass is 207 g/mol. The fourth-order valence-corrected chi connectivity index (χ4v) is 0.232. The van der Waals surface area contributed by atoms with Crippen LogP contribution in [0.1, 0.15) is 6.92 Å². The van der Waals surface area contributed by atoms with Crippen LogP contribution in [0.5, 0.6) is 0 Å². The van der Waals surface area contributed by atoms with Crippen molar-refractivity contribution in [1.82, 2.24) is 3.52 Å². The molecular weight excluding hydrogens is 201 g/mol.